The van der Waals surface area contributed by atoms with Gasteiger partial charge < -0.3 is 15.5 Å². The molecule has 2 N–H and O–H groups in total. The SMILES string of the molecule is CCN(CC)c1ccc(NC(=O)CNCC2CC2)cn1.Cl.Cl. The van der Waals surface area contributed by atoms with Crippen LogP contribution in [0.5, 0.6) is 0 Å². The average molecular weight is 349 g/mol. The van der Waals surface area contributed by atoms with Crippen molar-refractivity contribution in [1.82, 2.24) is 10.3 Å². The number of anilines is 2. The van der Waals surface area contributed by atoms with E-state index in [9.17, 15) is 4.79 Å². The molecule has 2 rings (SSSR count). The van der Waals surface area contributed by atoms with Crippen molar-refractivity contribution in [3.8, 4) is 0 Å². The van der Waals surface area contributed by atoms with Crippen LogP contribution in [0, 0.1) is 5.92 Å². The largest absolute Gasteiger partial charge is 0.357 e. The number of hydrogen-bond acceptors (Lipinski definition) is 4. The van der Waals surface area contributed by atoms with Gasteiger partial charge in [-0.2, -0.15) is 0 Å². The van der Waals surface area contributed by atoms with Gasteiger partial charge in [-0.15, -0.1) is 24.8 Å². The number of amides is 1. The van der Waals surface area contributed by atoms with Crippen LogP contribution < -0.4 is 15.5 Å². The van der Waals surface area contributed by atoms with Gasteiger partial charge in [-0.3, -0.25) is 4.79 Å². The van der Waals surface area contributed by atoms with Crippen LogP contribution >= 0.6 is 24.8 Å². The standard InChI is InChI=1S/C15H24N4O.2ClH/c1-3-19(4-2)14-8-7-13(10-17-14)18-15(20)11-16-9-12-5-6-12;;/h7-8,10,12,16H,3-6,9,11H2,1-2H3,(H,18,20);2*1H. The molecule has 5 nitrogen and oxygen atoms in total. The third kappa shape index (κ3) is 6.81. The lowest BCUT2D eigenvalue weighted by Gasteiger charge is -2.19. The Morgan fingerprint density at radius 2 is 1.95 bits per heavy atom. The Balaban J connectivity index is 0.00000220. The molecular weight excluding hydrogens is 323 g/mol. The van der Waals surface area contributed by atoms with E-state index < -0.39 is 0 Å². The molecule has 1 aromatic heterocycles. The maximum atomic E-state index is 11.7. The number of hydrogen-bond donors (Lipinski definition) is 2. The summed E-state index contributed by atoms with van der Waals surface area (Å²) in [6, 6.07) is 3.85. The maximum Gasteiger partial charge on any atom is 0.238 e. The molecule has 22 heavy (non-hydrogen) atoms. The molecule has 0 aromatic carbocycles. The van der Waals surface area contributed by atoms with Gasteiger partial charge in [0.05, 0.1) is 18.4 Å². The zero-order chi connectivity index (χ0) is 14.4. The van der Waals surface area contributed by atoms with E-state index in [1.54, 1.807) is 6.20 Å². The molecule has 0 radical (unpaired) electrons. The minimum absolute atomic E-state index is 0. The van der Waals surface area contributed by atoms with Crippen molar-refractivity contribution in [2.45, 2.75) is 26.7 Å². The number of carbonyl (C=O) groups is 1. The molecule has 0 spiro atoms. The second-order valence-corrected chi connectivity index (χ2v) is 5.20. The third-order valence-corrected chi connectivity index (χ3v) is 3.53. The number of aromatic nitrogens is 1. The van der Waals surface area contributed by atoms with Gasteiger partial charge in [0.2, 0.25) is 5.91 Å². The number of pyridine rings is 1. The molecule has 0 saturated heterocycles. The molecular formula is C15H26Cl2N4O. The van der Waals surface area contributed by atoms with Gasteiger partial charge in [0.25, 0.3) is 0 Å². The molecule has 1 saturated carbocycles. The molecule has 0 unspecified atom stereocenters. The highest BCUT2D eigenvalue weighted by molar-refractivity contribution is 5.92. The van der Waals surface area contributed by atoms with Crippen molar-refractivity contribution in [2.75, 3.05) is 36.4 Å². The molecule has 1 aromatic rings. The van der Waals surface area contributed by atoms with Gasteiger partial charge in [0, 0.05) is 13.1 Å². The summed E-state index contributed by atoms with van der Waals surface area (Å²) in [5.41, 5.74) is 0.749. The molecule has 126 valence electrons. The predicted octanol–water partition coefficient (Wildman–Crippen LogP) is 2.71. The summed E-state index contributed by atoms with van der Waals surface area (Å²) < 4.78 is 0. The number of halogens is 2. The Bertz CT molecular complexity index is 434. The van der Waals surface area contributed by atoms with Crippen LogP contribution in [-0.4, -0.2) is 37.1 Å². The molecule has 0 aliphatic heterocycles. The summed E-state index contributed by atoms with van der Waals surface area (Å²) in [7, 11) is 0. The molecule has 7 heteroatoms. The van der Waals surface area contributed by atoms with Crippen LogP contribution in [0.15, 0.2) is 18.3 Å². The first-order valence-corrected chi connectivity index (χ1v) is 7.44. The summed E-state index contributed by atoms with van der Waals surface area (Å²) >= 11 is 0. The topological polar surface area (TPSA) is 57.3 Å². The fraction of sp³-hybridized carbons (Fsp3) is 0.600. The number of rotatable bonds is 8. The van der Waals surface area contributed by atoms with Gasteiger partial charge in [0.1, 0.15) is 5.82 Å². The van der Waals surface area contributed by atoms with Gasteiger partial charge in [-0.25, -0.2) is 4.98 Å². The van der Waals surface area contributed by atoms with E-state index in [0.29, 0.717) is 6.54 Å². The van der Waals surface area contributed by atoms with Gasteiger partial charge in [0.15, 0.2) is 0 Å². The van der Waals surface area contributed by atoms with Crippen LogP contribution in [0.2, 0.25) is 0 Å². The van der Waals surface area contributed by atoms with Gasteiger partial charge in [-0.05, 0) is 51.3 Å². The van der Waals surface area contributed by atoms with E-state index in [0.717, 1.165) is 37.1 Å². The fourth-order valence-corrected chi connectivity index (χ4v) is 2.11. The van der Waals surface area contributed by atoms with Crippen LogP contribution in [-0.2, 0) is 4.79 Å². The van der Waals surface area contributed by atoms with E-state index >= 15 is 0 Å². The molecule has 1 amide bonds. The zero-order valence-corrected chi connectivity index (χ0v) is 14.8. The van der Waals surface area contributed by atoms with Crippen molar-refractivity contribution in [3.63, 3.8) is 0 Å². The lowest BCUT2D eigenvalue weighted by molar-refractivity contribution is -0.115. The lowest BCUT2D eigenvalue weighted by Crippen LogP contribution is -2.29. The van der Waals surface area contributed by atoms with E-state index in [1.807, 2.05) is 12.1 Å². The number of carbonyl (C=O) groups excluding carboxylic acids is 1. The van der Waals surface area contributed by atoms with Crippen molar-refractivity contribution in [3.05, 3.63) is 18.3 Å². The monoisotopic (exact) mass is 348 g/mol. The quantitative estimate of drug-likeness (QED) is 0.758. The number of nitrogens with zero attached hydrogens (tertiary/aromatic N) is 2. The smallest absolute Gasteiger partial charge is 0.238 e. The summed E-state index contributed by atoms with van der Waals surface area (Å²) in [5, 5.41) is 6.03. The summed E-state index contributed by atoms with van der Waals surface area (Å²) in [4.78, 5) is 18.3. The van der Waals surface area contributed by atoms with Crippen LogP contribution in [0.1, 0.15) is 26.7 Å². The van der Waals surface area contributed by atoms with Crippen molar-refractivity contribution < 1.29 is 4.79 Å². The second kappa shape index (κ2) is 10.6. The van der Waals surface area contributed by atoms with Crippen molar-refractivity contribution in [2.24, 2.45) is 5.92 Å². The molecule has 0 bridgehead atoms. The highest BCUT2D eigenvalue weighted by atomic mass is 35.5. The molecule has 0 atom stereocenters. The first kappa shape index (κ1) is 21.0. The minimum Gasteiger partial charge on any atom is -0.357 e. The molecule has 1 fully saturated rings. The summed E-state index contributed by atoms with van der Waals surface area (Å²) in [6.45, 7) is 7.39. The second-order valence-electron chi connectivity index (χ2n) is 5.20. The average Bonchev–Trinajstić information content (AvgIpc) is 3.26. The van der Waals surface area contributed by atoms with Crippen molar-refractivity contribution >= 4 is 42.2 Å². The first-order valence-electron chi connectivity index (χ1n) is 7.44. The zero-order valence-electron chi connectivity index (χ0n) is 13.2. The highest BCUT2D eigenvalue weighted by Gasteiger charge is 2.20. The molecule has 1 aliphatic rings. The van der Waals surface area contributed by atoms with Gasteiger partial charge in [-0.1, -0.05) is 0 Å². The lowest BCUT2D eigenvalue weighted by atomic mass is 10.3. The number of nitrogens with one attached hydrogen (secondary N) is 2. The maximum absolute atomic E-state index is 11.7. The Morgan fingerprint density at radius 1 is 1.27 bits per heavy atom. The molecule has 1 aliphatic carbocycles. The van der Waals surface area contributed by atoms with Gasteiger partial charge >= 0.3 is 0 Å². The summed E-state index contributed by atoms with van der Waals surface area (Å²) in [6.07, 6.45) is 4.31. The third-order valence-electron chi connectivity index (χ3n) is 3.53. The first-order chi connectivity index (χ1) is 9.72. The fourth-order valence-electron chi connectivity index (χ4n) is 2.11. The Morgan fingerprint density at radius 3 is 2.45 bits per heavy atom. The predicted molar refractivity (Wildman–Crippen MR) is 96.5 cm³/mol. The van der Waals surface area contributed by atoms with E-state index in [-0.39, 0.29) is 30.7 Å². The van der Waals surface area contributed by atoms with Crippen molar-refractivity contribution in [1.29, 1.82) is 0 Å². The minimum atomic E-state index is -0.0111. The molecule has 1 heterocycles. The van der Waals surface area contributed by atoms with Crippen LogP contribution in [0.25, 0.3) is 0 Å². The Kier molecular flexibility index (Phi) is 10.1. The van der Waals surface area contributed by atoms with E-state index in [4.69, 9.17) is 0 Å². The Hall–Kier alpha value is -1.04. The normalized spacial score (nSPS) is 12.8. The van der Waals surface area contributed by atoms with Crippen LogP contribution in [0.3, 0.4) is 0 Å². The Labute approximate surface area is 145 Å². The van der Waals surface area contributed by atoms with E-state index in [1.165, 1.54) is 12.8 Å². The summed E-state index contributed by atoms with van der Waals surface area (Å²) in [5.74, 6) is 1.72. The highest BCUT2D eigenvalue weighted by Crippen LogP contribution is 2.27. The van der Waals surface area contributed by atoms with E-state index in [2.05, 4.69) is 34.4 Å². The van der Waals surface area contributed by atoms with Crippen LogP contribution in [0.4, 0.5) is 11.5 Å².